The topological polar surface area (TPSA) is 151 Å². The van der Waals surface area contributed by atoms with E-state index in [-0.39, 0.29) is 17.7 Å². The number of aromatic nitrogens is 2. The predicted molar refractivity (Wildman–Crippen MR) is 181 cm³/mol. The third kappa shape index (κ3) is 11.0. The summed E-state index contributed by atoms with van der Waals surface area (Å²) in [6.45, 7) is 1.30. The second-order valence-corrected chi connectivity index (χ2v) is 12.9. The van der Waals surface area contributed by atoms with Gasteiger partial charge in [0.15, 0.2) is 0 Å². The van der Waals surface area contributed by atoms with E-state index >= 15 is 0 Å². The van der Waals surface area contributed by atoms with Crippen molar-refractivity contribution >= 4 is 79.5 Å². The Hall–Kier alpha value is -3.23. The number of ether oxygens (including phenoxy) is 1. The molecule has 2 atom stereocenters. The van der Waals surface area contributed by atoms with Gasteiger partial charge in [-0.25, -0.2) is 9.97 Å². The Balaban J connectivity index is 1.28. The van der Waals surface area contributed by atoms with Gasteiger partial charge < -0.3 is 20.7 Å². The number of nitrogens with one attached hydrogen (secondary N) is 4. The van der Waals surface area contributed by atoms with Crippen LogP contribution in [0.1, 0.15) is 53.0 Å². The Morgan fingerprint density at radius 2 is 1.71 bits per heavy atom. The lowest BCUT2D eigenvalue weighted by molar-refractivity contribution is -0.123. The van der Waals surface area contributed by atoms with Gasteiger partial charge in [0.25, 0.3) is 11.8 Å². The molecule has 1 fully saturated rings. The highest BCUT2D eigenvalue weighted by atomic mass is 79.9. The van der Waals surface area contributed by atoms with Gasteiger partial charge in [-0.05, 0) is 79.4 Å². The van der Waals surface area contributed by atoms with Gasteiger partial charge in [0, 0.05) is 41.0 Å². The molecule has 1 saturated carbocycles. The van der Waals surface area contributed by atoms with Crippen molar-refractivity contribution in [3.8, 4) is 5.75 Å². The van der Waals surface area contributed by atoms with Gasteiger partial charge in [-0.15, -0.1) is 0 Å². The maximum atomic E-state index is 13.0. The molecule has 11 nitrogen and oxygen atoms in total. The third-order valence-corrected chi connectivity index (χ3v) is 9.45. The summed E-state index contributed by atoms with van der Waals surface area (Å²) in [6.07, 6.45) is 5.09. The number of fused-ring (bicyclic) bond motifs is 1. The highest BCUT2D eigenvalue weighted by molar-refractivity contribution is 9.09. The number of hydrogen-bond donors (Lipinski definition) is 4. The van der Waals surface area contributed by atoms with E-state index < -0.39 is 6.04 Å². The predicted octanol–water partition coefficient (Wildman–Crippen LogP) is 3.95. The molecule has 4 amide bonds. The van der Waals surface area contributed by atoms with Crippen molar-refractivity contribution in [1.82, 2.24) is 30.6 Å². The van der Waals surface area contributed by atoms with Crippen LogP contribution in [0.4, 0.5) is 0 Å². The Morgan fingerprint density at radius 1 is 0.978 bits per heavy atom. The summed E-state index contributed by atoms with van der Waals surface area (Å²) < 4.78 is 8.80. The molecule has 4 N–H and O–H groups in total. The highest BCUT2D eigenvalue weighted by Crippen LogP contribution is 2.31. The molecule has 0 saturated heterocycles. The van der Waals surface area contributed by atoms with Gasteiger partial charge in [0.2, 0.25) is 12.8 Å². The molecule has 0 spiro atoms. The summed E-state index contributed by atoms with van der Waals surface area (Å²) in [7, 11) is 0. The zero-order valence-corrected chi connectivity index (χ0v) is 28.6. The molecule has 2 unspecified atom stereocenters. The second kappa shape index (κ2) is 18.1. The zero-order valence-electron chi connectivity index (χ0n) is 24.6. The van der Waals surface area contributed by atoms with E-state index in [1.807, 2.05) is 24.3 Å². The molecular weight excluding hydrogens is 728 g/mol. The Morgan fingerprint density at radius 3 is 2.38 bits per heavy atom. The first-order chi connectivity index (χ1) is 21.9. The van der Waals surface area contributed by atoms with Crippen LogP contribution in [-0.2, 0) is 31.5 Å². The Bertz CT molecular complexity index is 1460. The zero-order chi connectivity index (χ0) is 32.0. The lowest BCUT2D eigenvalue weighted by Crippen LogP contribution is -2.43. The number of alkyl halides is 2. The van der Waals surface area contributed by atoms with Crippen molar-refractivity contribution in [2.24, 2.45) is 5.92 Å². The number of amides is 4. The second-order valence-electron chi connectivity index (χ2n) is 10.6. The fraction of sp³-hybridized carbons (Fsp3) is 0.419. The molecule has 0 aliphatic heterocycles. The molecule has 1 aromatic heterocycles. The molecule has 1 aliphatic rings. The van der Waals surface area contributed by atoms with Crippen LogP contribution in [-0.4, -0.2) is 65.6 Å². The van der Waals surface area contributed by atoms with Crippen molar-refractivity contribution in [3.63, 3.8) is 0 Å². The Labute approximate surface area is 283 Å². The maximum Gasteiger partial charge on any atom is 0.252 e. The third-order valence-electron chi connectivity index (χ3n) is 7.26. The summed E-state index contributed by atoms with van der Waals surface area (Å²) in [5.74, 6) is 0.299. The maximum absolute atomic E-state index is 13.0. The molecular formula is C31H36Br2N6O5S. The molecule has 14 heteroatoms. The standard InChI is InChI=1S/C31H36Br2N6O5S/c32-15-28-29(16-33)38-26-14-22(3-8-25(26)37-28)30(42)35-17-21(9-11-34-18-40)10-12-44-23-4-1-20(2-5-23)13-27(36-19-41)31(43)39-45-24-6-7-24/h1-5,8,14,18-19,21,24,27H,6-7,9-13,15-17H2,(H,34,40)(H,35,42)(H,36,41)(H,39,43). The minimum absolute atomic E-state index is 0.0598. The molecule has 0 radical (unpaired) electrons. The highest BCUT2D eigenvalue weighted by Gasteiger charge is 2.25. The molecule has 3 aromatic rings. The van der Waals surface area contributed by atoms with E-state index in [1.54, 1.807) is 18.2 Å². The summed E-state index contributed by atoms with van der Waals surface area (Å²) in [5.41, 5.74) is 4.43. The van der Waals surface area contributed by atoms with E-state index in [2.05, 4.69) is 62.5 Å². The van der Waals surface area contributed by atoms with Crippen LogP contribution in [0.2, 0.25) is 0 Å². The molecule has 0 bridgehead atoms. The van der Waals surface area contributed by atoms with Crippen LogP contribution in [0, 0.1) is 5.92 Å². The van der Waals surface area contributed by atoms with Crippen molar-refractivity contribution in [3.05, 3.63) is 65.0 Å². The molecule has 45 heavy (non-hydrogen) atoms. The smallest absolute Gasteiger partial charge is 0.252 e. The molecule has 1 aliphatic carbocycles. The van der Waals surface area contributed by atoms with Crippen molar-refractivity contribution in [1.29, 1.82) is 0 Å². The van der Waals surface area contributed by atoms with E-state index in [9.17, 15) is 19.2 Å². The molecule has 240 valence electrons. The lowest BCUT2D eigenvalue weighted by Gasteiger charge is -2.18. The van der Waals surface area contributed by atoms with Crippen molar-refractivity contribution in [2.45, 2.75) is 54.1 Å². The summed E-state index contributed by atoms with van der Waals surface area (Å²) in [5, 5.41) is 9.93. The number of hydrogen-bond acceptors (Lipinski definition) is 8. The quantitative estimate of drug-likeness (QED) is 0.0585. The summed E-state index contributed by atoms with van der Waals surface area (Å²) in [6, 6.07) is 12.0. The van der Waals surface area contributed by atoms with Crippen LogP contribution in [0.5, 0.6) is 5.75 Å². The monoisotopic (exact) mass is 762 g/mol. The number of carbonyl (C=O) groups excluding carboxylic acids is 4. The van der Waals surface area contributed by atoms with Gasteiger partial charge in [-0.1, -0.05) is 44.0 Å². The van der Waals surface area contributed by atoms with Crippen LogP contribution in [0.3, 0.4) is 0 Å². The summed E-state index contributed by atoms with van der Waals surface area (Å²) in [4.78, 5) is 56.6. The average Bonchev–Trinajstić information content (AvgIpc) is 3.90. The minimum Gasteiger partial charge on any atom is -0.494 e. The minimum atomic E-state index is -0.655. The van der Waals surface area contributed by atoms with Crippen molar-refractivity contribution < 1.29 is 23.9 Å². The van der Waals surface area contributed by atoms with E-state index in [0.717, 1.165) is 35.3 Å². The fourth-order valence-electron chi connectivity index (χ4n) is 4.53. The molecule has 2 aromatic carbocycles. The number of halogens is 2. The lowest BCUT2D eigenvalue weighted by atomic mass is 10.0. The van der Waals surface area contributed by atoms with Gasteiger partial charge in [0.05, 0.1) is 29.0 Å². The van der Waals surface area contributed by atoms with Gasteiger partial charge in [-0.3, -0.25) is 23.9 Å². The number of benzene rings is 2. The van der Waals surface area contributed by atoms with Crippen LogP contribution >= 0.6 is 43.8 Å². The molecule has 4 rings (SSSR count). The fourth-order valence-corrected chi connectivity index (χ4v) is 6.22. The van der Waals surface area contributed by atoms with Crippen molar-refractivity contribution in [2.75, 3.05) is 19.7 Å². The number of rotatable bonds is 20. The first kappa shape index (κ1) is 34.6. The first-order valence-electron chi connectivity index (χ1n) is 14.7. The SMILES string of the molecule is O=CNCCC(CCOc1ccc(CC(NC=O)C(=O)NSC2CC2)cc1)CNC(=O)c1ccc2nc(CBr)c(CBr)nc2c1. The average molecular weight is 765 g/mol. The van der Waals surface area contributed by atoms with Crippen LogP contribution in [0.15, 0.2) is 42.5 Å². The first-order valence-corrected chi connectivity index (χ1v) is 17.8. The van der Waals surface area contributed by atoms with Gasteiger partial charge in [-0.2, -0.15) is 0 Å². The Kier molecular flexibility index (Phi) is 13.9. The van der Waals surface area contributed by atoms with E-state index in [4.69, 9.17) is 4.74 Å². The number of nitrogens with zero attached hydrogens (tertiary/aromatic N) is 2. The van der Waals surface area contributed by atoms with Crippen LogP contribution in [0.25, 0.3) is 11.0 Å². The van der Waals surface area contributed by atoms with Gasteiger partial charge >= 0.3 is 0 Å². The van der Waals surface area contributed by atoms with Crippen LogP contribution < -0.4 is 25.4 Å². The van der Waals surface area contributed by atoms with E-state index in [0.29, 0.717) is 84.5 Å². The normalized spacial score (nSPS) is 13.8. The number of carbonyl (C=O) groups is 4. The van der Waals surface area contributed by atoms with Gasteiger partial charge in [0.1, 0.15) is 11.8 Å². The summed E-state index contributed by atoms with van der Waals surface area (Å²) >= 11 is 8.31. The molecule has 1 heterocycles. The largest absolute Gasteiger partial charge is 0.494 e. The van der Waals surface area contributed by atoms with E-state index in [1.165, 1.54) is 11.9 Å².